The van der Waals surface area contributed by atoms with E-state index in [1.807, 2.05) is 0 Å². The minimum absolute atomic E-state index is 0. The number of aryl methyl sites for hydroxylation is 2. The first-order valence-electron chi connectivity index (χ1n) is 5.03. The van der Waals surface area contributed by atoms with Crippen LogP contribution in [0.2, 0.25) is 0 Å². The third-order valence-electron chi connectivity index (χ3n) is 2.04. The third-order valence-corrected chi connectivity index (χ3v) is 2.04. The average Bonchev–Trinajstić information content (AvgIpc) is 2.30. The minimum Gasteiger partial charge on any atom is -1.00 e. The van der Waals surface area contributed by atoms with Crippen molar-refractivity contribution in [1.29, 1.82) is 0 Å². The molecule has 2 rings (SSSR count). The van der Waals surface area contributed by atoms with Gasteiger partial charge >= 0.3 is 11.4 Å². The predicted octanol–water partition coefficient (Wildman–Crippen LogP) is -4.85. The molecule has 0 amide bonds. The van der Waals surface area contributed by atoms with E-state index in [4.69, 9.17) is 11.5 Å². The average molecular weight is 378 g/mol. The Balaban J connectivity index is 0.000000324. The second-order valence-corrected chi connectivity index (χ2v) is 3.56. The molecule has 2 aromatic heterocycles. The van der Waals surface area contributed by atoms with E-state index >= 15 is 0 Å². The first kappa shape index (κ1) is 17.1. The zero-order chi connectivity index (χ0) is 13.7. The number of nitrogen functional groups attached to an aromatic ring is 2. The highest BCUT2D eigenvalue weighted by atomic mass is 127. The van der Waals surface area contributed by atoms with Gasteiger partial charge in [-0.05, 0) is 6.07 Å². The number of H-pyrrole nitrogens is 1. The topological polar surface area (TPSA) is 124 Å². The molecule has 8 nitrogen and oxygen atoms in total. The van der Waals surface area contributed by atoms with Crippen molar-refractivity contribution in [2.75, 3.05) is 11.5 Å². The smallest absolute Gasteiger partial charge is 0.497 e. The second-order valence-electron chi connectivity index (χ2n) is 3.56. The molecule has 0 spiro atoms. The van der Waals surface area contributed by atoms with E-state index in [-0.39, 0.29) is 41.2 Å². The van der Waals surface area contributed by atoms with Crippen LogP contribution in [0.15, 0.2) is 34.1 Å². The van der Waals surface area contributed by atoms with Crippen molar-refractivity contribution >= 4 is 11.6 Å². The summed E-state index contributed by atoms with van der Waals surface area (Å²) in [7, 11) is 3.27. The molecule has 2 aromatic rings. The van der Waals surface area contributed by atoms with Crippen LogP contribution >= 0.6 is 0 Å². The number of anilines is 2. The number of rotatable bonds is 0. The summed E-state index contributed by atoms with van der Waals surface area (Å²) < 4.78 is 2.77. The van der Waals surface area contributed by atoms with E-state index in [9.17, 15) is 9.59 Å². The lowest BCUT2D eigenvalue weighted by molar-refractivity contribution is -0.689. The van der Waals surface area contributed by atoms with Gasteiger partial charge in [-0.1, -0.05) is 0 Å². The summed E-state index contributed by atoms with van der Waals surface area (Å²) in [6, 6.07) is 3.20. The van der Waals surface area contributed by atoms with Crippen molar-refractivity contribution in [3.63, 3.8) is 0 Å². The first-order valence-corrected chi connectivity index (χ1v) is 5.03. The zero-order valence-corrected chi connectivity index (χ0v) is 12.7. The van der Waals surface area contributed by atoms with Gasteiger partial charge in [0, 0.05) is 19.3 Å². The summed E-state index contributed by atoms with van der Waals surface area (Å²) in [4.78, 5) is 27.2. The molecule has 0 saturated carbocycles. The van der Waals surface area contributed by atoms with Crippen LogP contribution in [0.4, 0.5) is 11.6 Å². The van der Waals surface area contributed by atoms with Crippen molar-refractivity contribution in [2.45, 2.75) is 0 Å². The van der Waals surface area contributed by atoms with Gasteiger partial charge < -0.3 is 40.0 Å². The minimum atomic E-state index is -0.324. The van der Waals surface area contributed by atoms with Gasteiger partial charge in [0.2, 0.25) is 0 Å². The molecule has 0 aliphatic carbocycles. The van der Waals surface area contributed by atoms with Gasteiger partial charge in [0.1, 0.15) is 5.82 Å². The van der Waals surface area contributed by atoms with Gasteiger partial charge in [-0.25, -0.2) is 9.36 Å². The fourth-order valence-corrected chi connectivity index (χ4v) is 0.992. The van der Waals surface area contributed by atoms with Gasteiger partial charge in [-0.2, -0.15) is 14.8 Å². The number of nitrogens with two attached hydrogens (primary N) is 2. The van der Waals surface area contributed by atoms with Crippen molar-refractivity contribution in [3.8, 4) is 0 Å². The van der Waals surface area contributed by atoms with E-state index in [1.165, 1.54) is 9.13 Å². The second kappa shape index (κ2) is 7.51. The van der Waals surface area contributed by atoms with E-state index in [1.54, 1.807) is 38.6 Å². The number of aromatic amines is 1. The molecule has 2 heterocycles. The number of hydrogen-bond donors (Lipinski definition) is 3. The Morgan fingerprint density at radius 3 is 2.37 bits per heavy atom. The molecule has 0 bridgehead atoms. The van der Waals surface area contributed by atoms with Crippen LogP contribution in [0.1, 0.15) is 0 Å². The summed E-state index contributed by atoms with van der Waals surface area (Å²) >= 11 is 0. The van der Waals surface area contributed by atoms with Gasteiger partial charge in [0.25, 0.3) is 0 Å². The molecule has 104 valence electrons. The number of nitrogens with one attached hydrogen (secondary N) is 1. The normalized spacial score (nSPS) is 8.95. The molecule has 0 saturated heterocycles. The lowest BCUT2D eigenvalue weighted by Crippen LogP contribution is -3.00. The fraction of sp³-hybridized carbons (Fsp3) is 0.200. The van der Waals surface area contributed by atoms with Gasteiger partial charge in [0.05, 0.1) is 13.2 Å². The number of nitrogens with zero attached hydrogens (tertiary/aromatic N) is 3. The molecule has 0 aliphatic heterocycles. The highest BCUT2D eigenvalue weighted by molar-refractivity contribution is 5.23. The highest BCUT2D eigenvalue weighted by Crippen LogP contribution is 1.85. The SMILES string of the molecule is C[n+]1ccc(N)[nH]c1=O.Cn1ccc(N)nc1=O.[I-]. The standard InChI is InChI=1S/2C5H7N3O.HI/c2*1-8-3-2-4(6)7-5(8)9;/h2*2-3H,1H3,(H2,6,7,9);1H. The lowest BCUT2D eigenvalue weighted by atomic mass is 10.6. The summed E-state index contributed by atoms with van der Waals surface area (Å²) in [6.45, 7) is 0. The van der Waals surface area contributed by atoms with Gasteiger partial charge in [-0.3, -0.25) is 0 Å². The molecule has 19 heavy (non-hydrogen) atoms. The number of aromatic nitrogens is 4. The van der Waals surface area contributed by atoms with Gasteiger partial charge in [-0.15, -0.1) is 0 Å². The monoisotopic (exact) mass is 378 g/mol. The van der Waals surface area contributed by atoms with E-state index in [0.29, 0.717) is 5.82 Å². The van der Waals surface area contributed by atoms with Gasteiger partial charge in [0.15, 0.2) is 5.82 Å². The quantitative estimate of drug-likeness (QED) is 0.314. The molecule has 0 aliphatic rings. The molecule has 5 N–H and O–H groups in total. The Morgan fingerprint density at radius 1 is 1.32 bits per heavy atom. The Bertz CT molecular complexity index is 593. The molecule has 9 heteroatoms. The molecule has 0 fully saturated rings. The maximum atomic E-state index is 10.7. The molecule has 0 atom stereocenters. The molecule has 0 radical (unpaired) electrons. The maximum absolute atomic E-state index is 10.7. The fourth-order valence-electron chi connectivity index (χ4n) is 0.992. The van der Waals surface area contributed by atoms with Crippen LogP contribution in [0, 0.1) is 0 Å². The number of halogens is 1. The zero-order valence-electron chi connectivity index (χ0n) is 10.5. The summed E-state index contributed by atoms with van der Waals surface area (Å²) in [5, 5.41) is 0. The predicted molar refractivity (Wildman–Crippen MR) is 66.5 cm³/mol. The maximum Gasteiger partial charge on any atom is 0.497 e. The van der Waals surface area contributed by atoms with Crippen LogP contribution in [0.3, 0.4) is 0 Å². The largest absolute Gasteiger partial charge is 1.00 e. The van der Waals surface area contributed by atoms with Crippen LogP contribution in [0.5, 0.6) is 0 Å². The van der Waals surface area contributed by atoms with E-state index in [2.05, 4.69) is 9.97 Å². The van der Waals surface area contributed by atoms with Crippen LogP contribution in [0.25, 0.3) is 0 Å². The van der Waals surface area contributed by atoms with E-state index in [0.717, 1.165) is 0 Å². The van der Waals surface area contributed by atoms with Crippen molar-refractivity contribution in [2.24, 2.45) is 14.1 Å². The summed E-state index contributed by atoms with van der Waals surface area (Å²) in [6.07, 6.45) is 3.18. The Kier molecular flexibility index (Phi) is 6.75. The van der Waals surface area contributed by atoms with Crippen molar-refractivity contribution in [1.82, 2.24) is 14.5 Å². The molecular formula is C10H15IN6O2. The molecule has 0 aromatic carbocycles. The van der Waals surface area contributed by atoms with Crippen LogP contribution < -0.4 is 51.4 Å². The Labute approximate surface area is 126 Å². The Hall–Kier alpha value is -1.91. The molecular weight excluding hydrogens is 363 g/mol. The first-order chi connectivity index (χ1) is 8.40. The van der Waals surface area contributed by atoms with Crippen LogP contribution in [-0.4, -0.2) is 14.5 Å². The summed E-state index contributed by atoms with van der Waals surface area (Å²) in [5.41, 5.74) is 9.94. The van der Waals surface area contributed by atoms with E-state index < -0.39 is 0 Å². The lowest BCUT2D eigenvalue weighted by Gasteiger charge is -1.92. The highest BCUT2D eigenvalue weighted by Gasteiger charge is 1.96. The summed E-state index contributed by atoms with van der Waals surface area (Å²) in [5.74, 6) is 0.649. The van der Waals surface area contributed by atoms with Crippen molar-refractivity contribution in [3.05, 3.63) is 45.5 Å². The van der Waals surface area contributed by atoms with Crippen molar-refractivity contribution < 1.29 is 28.5 Å². The third kappa shape index (κ3) is 5.50. The van der Waals surface area contributed by atoms with Crippen LogP contribution in [-0.2, 0) is 14.1 Å². The number of hydrogen-bond acceptors (Lipinski definition) is 5. The Morgan fingerprint density at radius 2 is 1.95 bits per heavy atom. The molecule has 0 unspecified atom stereocenters.